The first-order valence-electron chi connectivity index (χ1n) is 8.83. The summed E-state index contributed by atoms with van der Waals surface area (Å²) in [6, 6.07) is 0. The Morgan fingerprint density at radius 1 is 1.33 bits per heavy atom. The highest BCUT2D eigenvalue weighted by Gasteiger charge is 2.48. The molecule has 0 bridgehead atoms. The van der Waals surface area contributed by atoms with Gasteiger partial charge in [0, 0.05) is 6.61 Å². The van der Waals surface area contributed by atoms with Crippen LogP contribution in [0.4, 0.5) is 0 Å². The van der Waals surface area contributed by atoms with E-state index in [0.717, 1.165) is 49.5 Å². The van der Waals surface area contributed by atoms with Crippen LogP contribution in [0, 0.1) is 0 Å². The van der Waals surface area contributed by atoms with Gasteiger partial charge in [0.15, 0.2) is 6.29 Å². The van der Waals surface area contributed by atoms with Gasteiger partial charge in [0.25, 0.3) is 0 Å². The van der Waals surface area contributed by atoms with Crippen molar-refractivity contribution in [2.45, 2.75) is 71.2 Å². The summed E-state index contributed by atoms with van der Waals surface area (Å²) in [5, 5.41) is 4.64. The normalized spacial score (nSPS) is 28.9. The SMILES string of the molecule is CC1OB(c2c(COC3CCCCO3)nn3c2OCC3)OC1(C)C. The lowest BCUT2D eigenvalue weighted by molar-refractivity contribution is -0.169. The molecule has 3 aliphatic rings. The van der Waals surface area contributed by atoms with E-state index in [9.17, 15) is 0 Å². The van der Waals surface area contributed by atoms with Crippen molar-refractivity contribution >= 4 is 12.6 Å². The monoisotopic (exact) mass is 336 g/mol. The van der Waals surface area contributed by atoms with Crippen LogP contribution < -0.4 is 10.2 Å². The Morgan fingerprint density at radius 2 is 2.21 bits per heavy atom. The molecule has 0 spiro atoms. The highest BCUT2D eigenvalue weighted by Crippen LogP contribution is 2.30. The molecule has 1 aromatic rings. The fraction of sp³-hybridized carbons (Fsp3) is 0.812. The minimum atomic E-state index is -0.470. The number of fused-ring (bicyclic) bond motifs is 1. The number of hydrogen-bond acceptors (Lipinski definition) is 6. The maximum absolute atomic E-state index is 6.12. The molecule has 2 unspecified atom stereocenters. The molecule has 1 aromatic heterocycles. The Labute approximate surface area is 142 Å². The van der Waals surface area contributed by atoms with E-state index in [1.165, 1.54) is 0 Å². The minimum Gasteiger partial charge on any atom is -0.476 e. The van der Waals surface area contributed by atoms with E-state index in [1.54, 1.807) is 0 Å². The zero-order valence-corrected chi connectivity index (χ0v) is 14.6. The van der Waals surface area contributed by atoms with Crippen LogP contribution in [0.5, 0.6) is 5.88 Å². The van der Waals surface area contributed by atoms with Crippen molar-refractivity contribution < 1.29 is 23.5 Å². The third-order valence-electron chi connectivity index (χ3n) is 5.06. The van der Waals surface area contributed by atoms with Gasteiger partial charge in [-0.2, -0.15) is 5.10 Å². The molecular formula is C16H25BN2O5. The quantitative estimate of drug-likeness (QED) is 0.771. The van der Waals surface area contributed by atoms with Crippen molar-refractivity contribution in [3.8, 4) is 5.88 Å². The van der Waals surface area contributed by atoms with Gasteiger partial charge in [0.1, 0.15) is 6.61 Å². The minimum absolute atomic E-state index is 0.00472. The van der Waals surface area contributed by atoms with Gasteiger partial charge in [0.2, 0.25) is 5.88 Å². The maximum Gasteiger partial charge on any atom is 0.502 e. The van der Waals surface area contributed by atoms with Crippen LogP contribution in [0.1, 0.15) is 45.7 Å². The first-order valence-corrected chi connectivity index (χ1v) is 8.83. The number of nitrogens with zero attached hydrogens (tertiary/aromatic N) is 2. The Bertz CT molecular complexity index is 600. The molecule has 2 atom stereocenters. The number of hydrogen-bond donors (Lipinski definition) is 0. The summed E-state index contributed by atoms with van der Waals surface area (Å²) in [4.78, 5) is 0. The summed E-state index contributed by atoms with van der Waals surface area (Å²) in [6.07, 6.45) is 3.02. The molecule has 8 heteroatoms. The molecule has 4 heterocycles. The standard InChI is InChI=1S/C16H25BN2O5/c1-11-16(2,3)24-17(23-11)14-12(18-19-7-9-21-15(14)19)10-22-13-6-4-5-8-20-13/h11,13H,4-10H2,1-3H3. The van der Waals surface area contributed by atoms with Crippen LogP contribution in [0.2, 0.25) is 0 Å². The topological polar surface area (TPSA) is 64.0 Å². The van der Waals surface area contributed by atoms with Crippen LogP contribution in [0.25, 0.3) is 0 Å². The lowest BCUT2D eigenvalue weighted by atomic mass is 9.78. The molecule has 0 aromatic carbocycles. The summed E-state index contributed by atoms with van der Waals surface area (Å²) in [5.74, 6) is 0.744. The Hall–Kier alpha value is -1.09. The number of ether oxygens (including phenoxy) is 3. The van der Waals surface area contributed by atoms with Gasteiger partial charge in [-0.25, -0.2) is 4.68 Å². The molecule has 7 nitrogen and oxygen atoms in total. The average molecular weight is 336 g/mol. The van der Waals surface area contributed by atoms with Gasteiger partial charge in [0.05, 0.1) is 36.0 Å². The van der Waals surface area contributed by atoms with Gasteiger partial charge in [-0.05, 0) is 40.0 Å². The summed E-state index contributed by atoms with van der Waals surface area (Å²) >= 11 is 0. The van der Waals surface area contributed by atoms with Crippen molar-refractivity contribution in [1.82, 2.24) is 9.78 Å². The maximum atomic E-state index is 6.12. The second-order valence-corrected chi connectivity index (χ2v) is 7.18. The van der Waals surface area contributed by atoms with E-state index in [-0.39, 0.29) is 18.0 Å². The molecule has 0 saturated carbocycles. The van der Waals surface area contributed by atoms with Crippen molar-refractivity contribution in [2.75, 3.05) is 13.2 Å². The third-order valence-corrected chi connectivity index (χ3v) is 5.06. The predicted octanol–water partition coefficient (Wildman–Crippen LogP) is 1.23. The zero-order valence-electron chi connectivity index (χ0n) is 14.6. The van der Waals surface area contributed by atoms with Crippen LogP contribution >= 0.6 is 0 Å². The van der Waals surface area contributed by atoms with E-state index in [2.05, 4.69) is 5.10 Å². The Balaban J connectivity index is 1.54. The zero-order chi connectivity index (χ0) is 16.7. The van der Waals surface area contributed by atoms with Gasteiger partial charge in [-0.15, -0.1) is 0 Å². The Kier molecular flexibility index (Phi) is 4.32. The van der Waals surface area contributed by atoms with E-state index in [4.69, 9.17) is 23.5 Å². The summed E-state index contributed by atoms with van der Waals surface area (Å²) in [6.45, 7) is 8.61. The largest absolute Gasteiger partial charge is 0.502 e. The van der Waals surface area contributed by atoms with Gasteiger partial charge >= 0.3 is 7.12 Å². The van der Waals surface area contributed by atoms with Crippen molar-refractivity contribution in [1.29, 1.82) is 0 Å². The van der Waals surface area contributed by atoms with Crippen molar-refractivity contribution in [3.05, 3.63) is 5.69 Å². The van der Waals surface area contributed by atoms with Crippen molar-refractivity contribution in [3.63, 3.8) is 0 Å². The second kappa shape index (κ2) is 6.33. The molecule has 0 amide bonds. The average Bonchev–Trinajstić information content (AvgIpc) is 3.19. The summed E-state index contributed by atoms with van der Waals surface area (Å²) in [5.41, 5.74) is 1.33. The summed E-state index contributed by atoms with van der Waals surface area (Å²) in [7, 11) is -0.470. The molecule has 132 valence electrons. The van der Waals surface area contributed by atoms with Crippen LogP contribution in [0.15, 0.2) is 0 Å². The lowest BCUT2D eigenvalue weighted by Crippen LogP contribution is -2.37. The van der Waals surface area contributed by atoms with E-state index in [0.29, 0.717) is 13.2 Å². The van der Waals surface area contributed by atoms with Crippen LogP contribution in [-0.2, 0) is 31.9 Å². The number of rotatable bonds is 4. The summed E-state index contributed by atoms with van der Waals surface area (Å²) < 4.78 is 31.4. The molecule has 0 radical (unpaired) electrons. The van der Waals surface area contributed by atoms with E-state index < -0.39 is 7.12 Å². The Morgan fingerprint density at radius 3 is 2.92 bits per heavy atom. The molecule has 4 rings (SSSR count). The molecule has 2 fully saturated rings. The molecule has 3 aliphatic heterocycles. The highest BCUT2D eigenvalue weighted by molar-refractivity contribution is 6.63. The highest BCUT2D eigenvalue weighted by atomic mass is 16.7. The molecule has 0 N–H and O–H groups in total. The number of aromatic nitrogens is 2. The van der Waals surface area contributed by atoms with Crippen LogP contribution in [-0.4, -0.2) is 48.1 Å². The fourth-order valence-corrected chi connectivity index (χ4v) is 3.27. The molecular weight excluding hydrogens is 311 g/mol. The van der Waals surface area contributed by atoms with E-state index >= 15 is 0 Å². The smallest absolute Gasteiger partial charge is 0.476 e. The predicted molar refractivity (Wildman–Crippen MR) is 87.2 cm³/mol. The van der Waals surface area contributed by atoms with Gasteiger partial charge in [-0.3, -0.25) is 0 Å². The first-order chi connectivity index (χ1) is 11.5. The van der Waals surface area contributed by atoms with E-state index in [1.807, 2.05) is 25.5 Å². The fourth-order valence-electron chi connectivity index (χ4n) is 3.27. The molecule has 24 heavy (non-hydrogen) atoms. The molecule has 2 saturated heterocycles. The third kappa shape index (κ3) is 2.96. The molecule has 0 aliphatic carbocycles. The van der Waals surface area contributed by atoms with Gasteiger partial charge in [-0.1, -0.05) is 0 Å². The second-order valence-electron chi connectivity index (χ2n) is 7.18. The van der Waals surface area contributed by atoms with Gasteiger partial charge < -0.3 is 23.5 Å². The van der Waals surface area contributed by atoms with Crippen LogP contribution in [0.3, 0.4) is 0 Å². The lowest BCUT2D eigenvalue weighted by Gasteiger charge is -2.22. The first kappa shape index (κ1) is 16.4. The van der Waals surface area contributed by atoms with Crippen molar-refractivity contribution in [2.24, 2.45) is 0 Å².